The highest BCUT2D eigenvalue weighted by molar-refractivity contribution is 8.00. The van der Waals surface area contributed by atoms with Crippen LogP contribution in [0.25, 0.3) is 0 Å². The molecule has 2 amide bonds. The Bertz CT molecular complexity index is 952. The first-order chi connectivity index (χ1) is 13.8. The molecule has 1 aromatic heterocycles. The normalized spacial score (nSPS) is 11.4. The van der Waals surface area contributed by atoms with Crippen LogP contribution in [0.2, 0.25) is 0 Å². The number of aromatic nitrogens is 1. The van der Waals surface area contributed by atoms with E-state index in [1.807, 2.05) is 51.1 Å². The molecule has 0 spiro atoms. The number of rotatable bonds is 7. The third-order valence-electron chi connectivity index (χ3n) is 4.49. The lowest BCUT2D eigenvalue weighted by Gasteiger charge is -2.21. The molecule has 0 bridgehead atoms. The molecule has 1 atom stereocenters. The van der Waals surface area contributed by atoms with Gasteiger partial charge in [0.1, 0.15) is 11.1 Å². The number of nitrogens with zero attached hydrogens (tertiary/aromatic N) is 3. The van der Waals surface area contributed by atoms with Crippen molar-refractivity contribution in [2.24, 2.45) is 0 Å². The van der Waals surface area contributed by atoms with Crippen molar-refractivity contribution in [3.05, 3.63) is 52.7 Å². The lowest BCUT2D eigenvalue weighted by atomic mass is 10.1. The number of aryl methyl sites for hydroxylation is 3. The molecule has 0 saturated heterocycles. The molecular weight excluding hydrogens is 384 g/mol. The van der Waals surface area contributed by atoms with E-state index in [-0.39, 0.29) is 18.4 Å². The minimum Gasteiger partial charge on any atom is -0.335 e. The van der Waals surface area contributed by atoms with Gasteiger partial charge in [0.25, 0.3) is 0 Å². The van der Waals surface area contributed by atoms with Crippen LogP contribution in [0, 0.1) is 25.2 Å². The molecule has 0 radical (unpaired) electrons. The van der Waals surface area contributed by atoms with Gasteiger partial charge in [0.15, 0.2) is 0 Å². The van der Waals surface area contributed by atoms with Crippen LogP contribution in [0.1, 0.15) is 36.2 Å². The van der Waals surface area contributed by atoms with E-state index in [1.54, 1.807) is 14.0 Å². The Kier molecular flexibility index (Phi) is 7.80. The summed E-state index contributed by atoms with van der Waals surface area (Å²) >= 11 is 1.24. The maximum Gasteiger partial charge on any atom is 0.243 e. The summed E-state index contributed by atoms with van der Waals surface area (Å²) < 4.78 is 0. The summed E-state index contributed by atoms with van der Waals surface area (Å²) in [5.74, 6) is -0.444. The number of benzene rings is 1. The fraction of sp³-hybridized carbons (Fsp3) is 0.364. The van der Waals surface area contributed by atoms with Gasteiger partial charge in [-0.3, -0.25) is 9.59 Å². The molecule has 29 heavy (non-hydrogen) atoms. The molecule has 1 aromatic carbocycles. The standard InChI is InChI=1S/C22H26N4O2S/c1-6-17-9-7-8-10-19(17)25-20(27)13-26(5)22(28)16(4)29-21-18(12-23)14(2)11-15(3)24-21/h7-11,16H,6,13H2,1-5H3,(H,25,27). The van der Waals surface area contributed by atoms with Crippen LogP contribution < -0.4 is 5.32 Å². The maximum absolute atomic E-state index is 12.7. The van der Waals surface area contributed by atoms with Crippen LogP contribution in [-0.4, -0.2) is 40.5 Å². The van der Waals surface area contributed by atoms with Crippen LogP contribution in [0.3, 0.4) is 0 Å². The van der Waals surface area contributed by atoms with E-state index >= 15 is 0 Å². The number of anilines is 1. The van der Waals surface area contributed by atoms with E-state index in [0.29, 0.717) is 10.6 Å². The minimum atomic E-state index is -0.475. The molecule has 0 aliphatic carbocycles. The Labute approximate surface area is 176 Å². The number of hydrogen-bond acceptors (Lipinski definition) is 5. The van der Waals surface area contributed by atoms with E-state index in [4.69, 9.17) is 0 Å². The second-order valence-electron chi connectivity index (χ2n) is 6.89. The molecule has 6 nitrogen and oxygen atoms in total. The van der Waals surface area contributed by atoms with Crippen molar-refractivity contribution in [3.8, 4) is 6.07 Å². The number of pyridine rings is 1. The Hall–Kier alpha value is -2.85. The molecule has 1 unspecified atom stereocenters. The van der Waals surface area contributed by atoms with Crippen LogP contribution in [0.15, 0.2) is 35.4 Å². The van der Waals surface area contributed by atoms with E-state index < -0.39 is 5.25 Å². The van der Waals surface area contributed by atoms with Crippen LogP contribution in [0.4, 0.5) is 5.69 Å². The number of nitrogens with one attached hydrogen (secondary N) is 1. The Morgan fingerprint density at radius 1 is 1.31 bits per heavy atom. The lowest BCUT2D eigenvalue weighted by Crippen LogP contribution is -2.39. The molecule has 1 heterocycles. The number of carbonyl (C=O) groups is 2. The van der Waals surface area contributed by atoms with Crippen molar-refractivity contribution in [3.63, 3.8) is 0 Å². The fourth-order valence-corrected chi connectivity index (χ4v) is 4.12. The average Bonchev–Trinajstić information content (AvgIpc) is 2.67. The van der Waals surface area contributed by atoms with Crippen LogP contribution in [-0.2, 0) is 16.0 Å². The summed E-state index contributed by atoms with van der Waals surface area (Å²) in [6.45, 7) is 7.45. The number of nitriles is 1. The number of carbonyl (C=O) groups excluding carboxylic acids is 2. The molecule has 152 valence electrons. The van der Waals surface area contributed by atoms with E-state index in [2.05, 4.69) is 16.4 Å². The predicted molar refractivity (Wildman–Crippen MR) is 116 cm³/mol. The van der Waals surface area contributed by atoms with Crippen molar-refractivity contribution in [1.29, 1.82) is 5.26 Å². The van der Waals surface area contributed by atoms with Gasteiger partial charge in [-0.1, -0.05) is 36.9 Å². The number of thioether (sulfide) groups is 1. The zero-order valence-corrected chi connectivity index (χ0v) is 18.3. The van der Waals surface area contributed by atoms with E-state index in [9.17, 15) is 14.9 Å². The summed E-state index contributed by atoms with van der Waals surface area (Å²) in [7, 11) is 1.60. The summed E-state index contributed by atoms with van der Waals surface area (Å²) in [5.41, 5.74) is 3.93. The molecule has 1 N–H and O–H groups in total. The van der Waals surface area contributed by atoms with Gasteiger partial charge in [-0.2, -0.15) is 5.26 Å². The van der Waals surface area contributed by atoms with Gasteiger partial charge < -0.3 is 10.2 Å². The Morgan fingerprint density at radius 2 is 2.00 bits per heavy atom. The van der Waals surface area contributed by atoms with Crippen LogP contribution in [0.5, 0.6) is 0 Å². The molecule has 2 rings (SSSR count). The number of amides is 2. The molecule has 2 aromatic rings. The topological polar surface area (TPSA) is 86.1 Å². The molecule has 0 aliphatic rings. The third kappa shape index (κ3) is 5.81. The second kappa shape index (κ2) is 10.1. The molecule has 7 heteroatoms. The second-order valence-corrected chi connectivity index (χ2v) is 8.22. The van der Waals surface area contributed by atoms with Gasteiger partial charge >= 0.3 is 0 Å². The molecule has 0 fully saturated rings. The van der Waals surface area contributed by atoms with Gasteiger partial charge in [0, 0.05) is 18.4 Å². The zero-order valence-electron chi connectivity index (χ0n) is 17.4. The molecule has 0 saturated carbocycles. The highest BCUT2D eigenvalue weighted by Crippen LogP contribution is 2.28. The first-order valence-corrected chi connectivity index (χ1v) is 10.3. The number of hydrogen-bond donors (Lipinski definition) is 1. The summed E-state index contributed by atoms with van der Waals surface area (Å²) in [4.78, 5) is 31.0. The number of para-hydroxylation sites is 1. The SMILES string of the molecule is CCc1ccccc1NC(=O)CN(C)C(=O)C(C)Sc1nc(C)cc(C)c1C#N. The van der Waals surface area contributed by atoms with Gasteiger partial charge in [-0.15, -0.1) is 0 Å². The van der Waals surface area contributed by atoms with Crippen molar-refractivity contribution < 1.29 is 9.59 Å². The summed E-state index contributed by atoms with van der Waals surface area (Å²) in [6.07, 6.45) is 0.809. The van der Waals surface area contributed by atoms with Crippen molar-refractivity contribution in [2.45, 2.75) is 44.4 Å². The van der Waals surface area contributed by atoms with Crippen molar-refractivity contribution >= 4 is 29.3 Å². The van der Waals surface area contributed by atoms with Gasteiger partial charge in [0.2, 0.25) is 11.8 Å². The Balaban J connectivity index is 2.03. The van der Waals surface area contributed by atoms with Gasteiger partial charge in [-0.05, 0) is 50.5 Å². The summed E-state index contributed by atoms with van der Waals surface area (Å²) in [6, 6.07) is 11.6. The van der Waals surface area contributed by atoms with E-state index in [1.165, 1.54) is 16.7 Å². The van der Waals surface area contributed by atoms with Crippen molar-refractivity contribution in [1.82, 2.24) is 9.88 Å². The quantitative estimate of drug-likeness (QED) is 0.703. The predicted octanol–water partition coefficient (Wildman–Crippen LogP) is 3.71. The van der Waals surface area contributed by atoms with Crippen LogP contribution >= 0.6 is 11.8 Å². The summed E-state index contributed by atoms with van der Waals surface area (Å²) in [5, 5.41) is 12.3. The fourth-order valence-electron chi connectivity index (χ4n) is 2.99. The lowest BCUT2D eigenvalue weighted by molar-refractivity contribution is -0.132. The minimum absolute atomic E-state index is 0.0484. The highest BCUT2D eigenvalue weighted by Gasteiger charge is 2.23. The Morgan fingerprint density at radius 3 is 2.66 bits per heavy atom. The first kappa shape index (κ1) is 22.4. The highest BCUT2D eigenvalue weighted by atomic mass is 32.2. The van der Waals surface area contributed by atoms with E-state index in [0.717, 1.165) is 28.9 Å². The average molecular weight is 411 g/mol. The monoisotopic (exact) mass is 410 g/mol. The van der Waals surface area contributed by atoms with Gasteiger partial charge in [0.05, 0.1) is 17.4 Å². The zero-order chi connectivity index (χ0) is 21.6. The molecular formula is C22H26N4O2S. The number of likely N-dealkylation sites (N-methyl/N-ethyl adjacent to an activating group) is 1. The smallest absolute Gasteiger partial charge is 0.243 e. The third-order valence-corrected chi connectivity index (χ3v) is 5.56. The molecule has 0 aliphatic heterocycles. The largest absolute Gasteiger partial charge is 0.335 e. The van der Waals surface area contributed by atoms with Gasteiger partial charge in [-0.25, -0.2) is 4.98 Å². The van der Waals surface area contributed by atoms with Crippen molar-refractivity contribution in [2.75, 3.05) is 18.9 Å². The maximum atomic E-state index is 12.7. The first-order valence-electron chi connectivity index (χ1n) is 9.44.